The standard InChI is InChI=1S/C13H19NO3/c1-9(10(2)15)14-12(13(16)17-3)11-7-5-4-6-8-11/h4-10,12,14-15H,1-3H3. The smallest absolute Gasteiger partial charge is 0.327 e. The number of methoxy groups -OCH3 is 1. The average molecular weight is 237 g/mol. The Hall–Kier alpha value is -1.39. The third-order valence-electron chi connectivity index (χ3n) is 2.72. The summed E-state index contributed by atoms with van der Waals surface area (Å²) >= 11 is 0. The molecule has 17 heavy (non-hydrogen) atoms. The summed E-state index contributed by atoms with van der Waals surface area (Å²) in [5.74, 6) is -0.358. The number of rotatable bonds is 5. The molecule has 4 heteroatoms. The molecule has 3 unspecified atom stereocenters. The van der Waals surface area contributed by atoms with Crippen LogP contribution in [0.5, 0.6) is 0 Å². The summed E-state index contributed by atoms with van der Waals surface area (Å²) in [5.41, 5.74) is 0.826. The van der Waals surface area contributed by atoms with Crippen molar-refractivity contribution in [2.75, 3.05) is 7.11 Å². The SMILES string of the molecule is COC(=O)C(NC(C)C(C)O)c1ccccc1. The van der Waals surface area contributed by atoms with Gasteiger partial charge in [-0.15, -0.1) is 0 Å². The van der Waals surface area contributed by atoms with Gasteiger partial charge in [0.05, 0.1) is 13.2 Å². The zero-order valence-corrected chi connectivity index (χ0v) is 10.4. The molecule has 0 spiro atoms. The lowest BCUT2D eigenvalue weighted by Gasteiger charge is -2.23. The van der Waals surface area contributed by atoms with E-state index in [9.17, 15) is 9.90 Å². The van der Waals surface area contributed by atoms with Gasteiger partial charge >= 0.3 is 5.97 Å². The second-order valence-electron chi connectivity index (χ2n) is 4.06. The van der Waals surface area contributed by atoms with Gasteiger partial charge in [0.25, 0.3) is 0 Å². The molecule has 0 radical (unpaired) electrons. The quantitative estimate of drug-likeness (QED) is 0.757. The maximum atomic E-state index is 11.7. The monoisotopic (exact) mass is 237 g/mol. The highest BCUT2D eigenvalue weighted by Gasteiger charge is 2.24. The van der Waals surface area contributed by atoms with Gasteiger partial charge < -0.3 is 9.84 Å². The van der Waals surface area contributed by atoms with E-state index in [2.05, 4.69) is 5.32 Å². The van der Waals surface area contributed by atoms with E-state index < -0.39 is 12.1 Å². The first kappa shape index (κ1) is 13.7. The Labute approximate surface area is 102 Å². The zero-order valence-electron chi connectivity index (χ0n) is 10.4. The van der Waals surface area contributed by atoms with Crippen LogP contribution in [0, 0.1) is 0 Å². The van der Waals surface area contributed by atoms with Crippen molar-refractivity contribution < 1.29 is 14.6 Å². The first-order valence-corrected chi connectivity index (χ1v) is 5.63. The highest BCUT2D eigenvalue weighted by molar-refractivity contribution is 5.77. The Kier molecular flexibility index (Phi) is 5.12. The van der Waals surface area contributed by atoms with E-state index in [-0.39, 0.29) is 12.0 Å². The first-order chi connectivity index (χ1) is 8.06. The molecule has 0 amide bonds. The summed E-state index contributed by atoms with van der Waals surface area (Å²) in [4.78, 5) is 11.7. The summed E-state index contributed by atoms with van der Waals surface area (Å²) in [6.07, 6.45) is -0.536. The molecule has 0 heterocycles. The van der Waals surface area contributed by atoms with Crippen LogP contribution >= 0.6 is 0 Å². The Balaban J connectivity index is 2.86. The maximum Gasteiger partial charge on any atom is 0.327 e. The lowest BCUT2D eigenvalue weighted by Crippen LogP contribution is -2.41. The third-order valence-corrected chi connectivity index (χ3v) is 2.72. The molecule has 2 N–H and O–H groups in total. The molecule has 0 aliphatic heterocycles. The maximum absolute atomic E-state index is 11.7. The van der Waals surface area contributed by atoms with Crippen molar-refractivity contribution >= 4 is 5.97 Å². The molecular weight excluding hydrogens is 218 g/mol. The van der Waals surface area contributed by atoms with Gasteiger partial charge in [0.1, 0.15) is 6.04 Å². The number of aliphatic hydroxyl groups is 1. The molecule has 0 fully saturated rings. The number of hydrogen-bond donors (Lipinski definition) is 2. The van der Waals surface area contributed by atoms with Crippen LogP contribution in [0.4, 0.5) is 0 Å². The molecule has 0 saturated carbocycles. The molecule has 0 saturated heterocycles. The predicted molar refractivity (Wildman–Crippen MR) is 65.5 cm³/mol. The number of aliphatic hydroxyl groups excluding tert-OH is 1. The fourth-order valence-corrected chi connectivity index (χ4v) is 1.47. The first-order valence-electron chi connectivity index (χ1n) is 5.63. The van der Waals surface area contributed by atoms with E-state index in [1.165, 1.54) is 7.11 Å². The Morgan fingerprint density at radius 3 is 2.35 bits per heavy atom. The van der Waals surface area contributed by atoms with E-state index in [0.29, 0.717) is 0 Å². The normalized spacial score (nSPS) is 16.0. The van der Waals surface area contributed by atoms with Crippen molar-refractivity contribution in [3.05, 3.63) is 35.9 Å². The predicted octanol–water partition coefficient (Wildman–Crippen LogP) is 1.26. The second kappa shape index (κ2) is 6.37. The van der Waals surface area contributed by atoms with Crippen molar-refractivity contribution in [2.24, 2.45) is 0 Å². The van der Waals surface area contributed by atoms with E-state index in [0.717, 1.165) is 5.56 Å². The van der Waals surface area contributed by atoms with Crippen molar-refractivity contribution in [2.45, 2.75) is 32.0 Å². The van der Waals surface area contributed by atoms with Crippen LogP contribution in [-0.2, 0) is 9.53 Å². The lowest BCUT2D eigenvalue weighted by atomic mass is 10.1. The summed E-state index contributed by atoms with van der Waals surface area (Å²) in [6.45, 7) is 3.50. The van der Waals surface area contributed by atoms with Crippen LogP contribution in [0.3, 0.4) is 0 Å². The fraction of sp³-hybridized carbons (Fsp3) is 0.462. The van der Waals surface area contributed by atoms with Crippen LogP contribution in [0.1, 0.15) is 25.5 Å². The molecule has 0 aromatic heterocycles. The summed E-state index contributed by atoms with van der Waals surface area (Å²) in [7, 11) is 1.35. The van der Waals surface area contributed by atoms with Gasteiger partial charge in [-0.05, 0) is 19.4 Å². The molecule has 1 aromatic rings. The van der Waals surface area contributed by atoms with Crippen LogP contribution in [0.25, 0.3) is 0 Å². The number of carbonyl (C=O) groups is 1. The largest absolute Gasteiger partial charge is 0.468 e. The highest BCUT2D eigenvalue weighted by atomic mass is 16.5. The Bertz CT molecular complexity index is 351. The average Bonchev–Trinajstić information content (AvgIpc) is 2.35. The summed E-state index contributed by atoms with van der Waals surface area (Å²) in [5, 5.41) is 12.5. The molecule has 0 aliphatic rings. The van der Waals surface area contributed by atoms with Gasteiger partial charge in [0.15, 0.2) is 0 Å². The number of esters is 1. The minimum atomic E-state index is -0.550. The van der Waals surface area contributed by atoms with E-state index in [4.69, 9.17) is 4.74 Å². The fourth-order valence-electron chi connectivity index (χ4n) is 1.47. The minimum absolute atomic E-state index is 0.195. The van der Waals surface area contributed by atoms with E-state index >= 15 is 0 Å². The van der Waals surface area contributed by atoms with Gasteiger partial charge in [0, 0.05) is 6.04 Å². The number of benzene rings is 1. The van der Waals surface area contributed by atoms with Gasteiger partial charge in [-0.25, -0.2) is 4.79 Å². The number of nitrogens with one attached hydrogen (secondary N) is 1. The van der Waals surface area contributed by atoms with Crippen molar-refractivity contribution in [3.63, 3.8) is 0 Å². The Morgan fingerprint density at radius 2 is 1.88 bits per heavy atom. The summed E-state index contributed by atoms with van der Waals surface area (Å²) in [6, 6.07) is 8.56. The number of ether oxygens (including phenoxy) is 1. The summed E-state index contributed by atoms with van der Waals surface area (Å²) < 4.78 is 4.76. The van der Waals surface area contributed by atoms with Gasteiger partial charge in [-0.1, -0.05) is 30.3 Å². The van der Waals surface area contributed by atoms with Gasteiger partial charge in [0.2, 0.25) is 0 Å². The molecule has 94 valence electrons. The third kappa shape index (κ3) is 3.84. The van der Waals surface area contributed by atoms with Crippen molar-refractivity contribution in [1.29, 1.82) is 0 Å². The molecule has 1 aromatic carbocycles. The Morgan fingerprint density at radius 1 is 1.29 bits per heavy atom. The molecule has 3 atom stereocenters. The molecule has 1 rings (SSSR count). The topological polar surface area (TPSA) is 58.6 Å². The molecule has 4 nitrogen and oxygen atoms in total. The zero-order chi connectivity index (χ0) is 12.8. The molecular formula is C13H19NO3. The second-order valence-corrected chi connectivity index (χ2v) is 4.06. The lowest BCUT2D eigenvalue weighted by molar-refractivity contribution is -0.143. The van der Waals surface area contributed by atoms with Crippen molar-refractivity contribution in [3.8, 4) is 0 Å². The van der Waals surface area contributed by atoms with E-state index in [1.54, 1.807) is 6.92 Å². The van der Waals surface area contributed by atoms with Crippen LogP contribution in [0.2, 0.25) is 0 Å². The highest BCUT2D eigenvalue weighted by Crippen LogP contribution is 2.15. The van der Waals surface area contributed by atoms with Gasteiger partial charge in [-0.2, -0.15) is 0 Å². The number of hydrogen-bond acceptors (Lipinski definition) is 4. The van der Waals surface area contributed by atoms with Crippen LogP contribution in [0.15, 0.2) is 30.3 Å². The number of carbonyl (C=O) groups excluding carboxylic acids is 1. The molecule has 0 bridgehead atoms. The van der Waals surface area contributed by atoms with Crippen LogP contribution in [-0.4, -0.2) is 30.3 Å². The van der Waals surface area contributed by atoms with Gasteiger partial charge in [-0.3, -0.25) is 5.32 Å². The van der Waals surface area contributed by atoms with Crippen LogP contribution < -0.4 is 5.32 Å². The van der Waals surface area contributed by atoms with Crippen molar-refractivity contribution in [1.82, 2.24) is 5.32 Å². The van der Waals surface area contributed by atoms with E-state index in [1.807, 2.05) is 37.3 Å². The minimum Gasteiger partial charge on any atom is -0.468 e. The molecule has 0 aliphatic carbocycles.